The molecule has 86 valence electrons. The predicted octanol–water partition coefficient (Wildman–Crippen LogP) is 0.958. The van der Waals surface area contributed by atoms with E-state index in [0.717, 1.165) is 32.7 Å². The number of hydrogen-bond donors (Lipinski definition) is 1. The third-order valence-corrected chi connectivity index (χ3v) is 2.88. The molecule has 1 aromatic heterocycles. The number of aromatic amines is 1. The number of nitrogens with one attached hydrogen (secondary N) is 1. The first-order chi connectivity index (χ1) is 7.81. The fourth-order valence-corrected chi connectivity index (χ4v) is 1.95. The lowest BCUT2D eigenvalue weighted by Crippen LogP contribution is -2.48. The molecule has 16 heavy (non-hydrogen) atoms. The highest BCUT2D eigenvalue weighted by atomic mass is 16.2. The first-order valence-electron chi connectivity index (χ1n) is 5.57. The van der Waals surface area contributed by atoms with Gasteiger partial charge >= 0.3 is 0 Å². The maximum absolute atomic E-state index is 12.0. The lowest BCUT2D eigenvalue weighted by molar-refractivity contribution is 0.0645. The molecule has 0 aromatic carbocycles. The van der Waals surface area contributed by atoms with Crippen LogP contribution in [0.2, 0.25) is 0 Å². The number of aromatic nitrogens is 1. The van der Waals surface area contributed by atoms with E-state index in [1.165, 1.54) is 0 Å². The zero-order valence-corrected chi connectivity index (χ0v) is 9.35. The van der Waals surface area contributed by atoms with Gasteiger partial charge < -0.3 is 9.88 Å². The molecule has 2 rings (SSSR count). The number of carbonyl (C=O) groups is 1. The van der Waals surface area contributed by atoms with Gasteiger partial charge in [-0.2, -0.15) is 0 Å². The molecule has 4 heteroatoms. The number of nitrogens with zero attached hydrogens (tertiary/aromatic N) is 2. The lowest BCUT2D eigenvalue weighted by Gasteiger charge is -2.33. The van der Waals surface area contributed by atoms with Crippen molar-refractivity contribution >= 4 is 5.91 Å². The van der Waals surface area contributed by atoms with Crippen molar-refractivity contribution in [3.8, 4) is 0 Å². The van der Waals surface area contributed by atoms with Crippen LogP contribution in [0.1, 0.15) is 10.5 Å². The number of hydrogen-bond acceptors (Lipinski definition) is 2. The Morgan fingerprint density at radius 3 is 2.75 bits per heavy atom. The molecule has 1 amide bonds. The fourth-order valence-electron chi connectivity index (χ4n) is 1.95. The maximum Gasteiger partial charge on any atom is 0.270 e. The molecule has 1 saturated heterocycles. The zero-order chi connectivity index (χ0) is 11.4. The summed E-state index contributed by atoms with van der Waals surface area (Å²) in [6, 6.07) is 3.67. The summed E-state index contributed by atoms with van der Waals surface area (Å²) in [6.45, 7) is 8.08. The van der Waals surface area contributed by atoms with E-state index >= 15 is 0 Å². The minimum Gasteiger partial charge on any atom is -0.357 e. The van der Waals surface area contributed by atoms with E-state index in [1.807, 2.05) is 23.1 Å². The van der Waals surface area contributed by atoms with Crippen LogP contribution in [0.4, 0.5) is 0 Å². The van der Waals surface area contributed by atoms with E-state index in [9.17, 15) is 4.79 Å². The van der Waals surface area contributed by atoms with E-state index in [4.69, 9.17) is 0 Å². The molecule has 0 radical (unpaired) electrons. The Bertz CT molecular complexity index is 350. The summed E-state index contributed by atoms with van der Waals surface area (Å²) >= 11 is 0. The van der Waals surface area contributed by atoms with Gasteiger partial charge in [0.2, 0.25) is 0 Å². The Morgan fingerprint density at radius 2 is 2.19 bits per heavy atom. The van der Waals surface area contributed by atoms with E-state index in [2.05, 4.69) is 16.5 Å². The first kappa shape index (κ1) is 11.0. The number of H-pyrrole nitrogens is 1. The van der Waals surface area contributed by atoms with Crippen molar-refractivity contribution in [3.05, 3.63) is 36.7 Å². The standard InChI is InChI=1S/C12H17N3O/c1-2-6-14-7-9-15(10-8-14)12(16)11-4-3-5-13-11/h2-5,13H,1,6-10H2. The second-order valence-electron chi connectivity index (χ2n) is 3.97. The van der Waals surface area contributed by atoms with Gasteiger partial charge in [0.25, 0.3) is 5.91 Å². The monoisotopic (exact) mass is 219 g/mol. The second kappa shape index (κ2) is 4.99. The van der Waals surface area contributed by atoms with Crippen LogP contribution in [-0.2, 0) is 0 Å². The molecule has 0 atom stereocenters. The Balaban J connectivity index is 1.89. The van der Waals surface area contributed by atoms with Gasteiger partial charge in [-0.3, -0.25) is 9.69 Å². The molecule has 0 unspecified atom stereocenters. The molecule has 1 fully saturated rings. The average molecular weight is 219 g/mol. The Hall–Kier alpha value is -1.55. The van der Waals surface area contributed by atoms with E-state index in [1.54, 1.807) is 6.20 Å². The summed E-state index contributed by atoms with van der Waals surface area (Å²) < 4.78 is 0. The summed E-state index contributed by atoms with van der Waals surface area (Å²) in [7, 11) is 0. The number of piperazine rings is 1. The largest absolute Gasteiger partial charge is 0.357 e. The number of rotatable bonds is 3. The topological polar surface area (TPSA) is 39.3 Å². The van der Waals surface area contributed by atoms with Crippen LogP contribution in [0, 0.1) is 0 Å². The smallest absolute Gasteiger partial charge is 0.270 e. The van der Waals surface area contributed by atoms with Crippen molar-refractivity contribution < 1.29 is 4.79 Å². The van der Waals surface area contributed by atoms with Crippen LogP contribution in [0.3, 0.4) is 0 Å². The van der Waals surface area contributed by atoms with Gasteiger partial charge in [0.1, 0.15) is 5.69 Å². The molecule has 0 aliphatic carbocycles. The Labute approximate surface area is 95.5 Å². The fraction of sp³-hybridized carbons (Fsp3) is 0.417. The molecule has 0 spiro atoms. The van der Waals surface area contributed by atoms with Crippen LogP contribution >= 0.6 is 0 Å². The molecule has 1 N–H and O–H groups in total. The van der Waals surface area contributed by atoms with Gasteiger partial charge in [-0.05, 0) is 12.1 Å². The summed E-state index contributed by atoms with van der Waals surface area (Å²) in [4.78, 5) is 19.1. The van der Waals surface area contributed by atoms with Gasteiger partial charge in [0, 0.05) is 38.9 Å². The molecule has 2 heterocycles. The zero-order valence-electron chi connectivity index (χ0n) is 9.35. The lowest BCUT2D eigenvalue weighted by atomic mass is 10.3. The molecule has 1 aromatic rings. The minimum atomic E-state index is 0.100. The van der Waals surface area contributed by atoms with Crippen molar-refractivity contribution in [2.24, 2.45) is 0 Å². The van der Waals surface area contributed by atoms with E-state index in [0.29, 0.717) is 5.69 Å². The van der Waals surface area contributed by atoms with Crippen LogP contribution in [0.25, 0.3) is 0 Å². The molecule has 4 nitrogen and oxygen atoms in total. The Morgan fingerprint density at radius 1 is 1.44 bits per heavy atom. The molecule has 1 aliphatic heterocycles. The highest BCUT2D eigenvalue weighted by Gasteiger charge is 2.21. The molecule has 1 aliphatic rings. The van der Waals surface area contributed by atoms with Crippen molar-refractivity contribution in [2.45, 2.75) is 0 Å². The summed E-state index contributed by atoms with van der Waals surface area (Å²) in [5, 5.41) is 0. The van der Waals surface area contributed by atoms with Crippen molar-refractivity contribution in [2.75, 3.05) is 32.7 Å². The van der Waals surface area contributed by atoms with Crippen molar-refractivity contribution in [1.82, 2.24) is 14.8 Å². The van der Waals surface area contributed by atoms with Crippen LogP contribution < -0.4 is 0 Å². The van der Waals surface area contributed by atoms with Gasteiger partial charge in [-0.25, -0.2) is 0 Å². The normalized spacial score (nSPS) is 17.4. The molecular weight excluding hydrogens is 202 g/mol. The Kier molecular flexibility index (Phi) is 3.41. The summed E-state index contributed by atoms with van der Waals surface area (Å²) in [5.74, 6) is 0.100. The number of carbonyl (C=O) groups excluding carboxylic acids is 1. The molecule has 0 bridgehead atoms. The average Bonchev–Trinajstić information content (AvgIpc) is 2.83. The van der Waals surface area contributed by atoms with Gasteiger partial charge in [-0.15, -0.1) is 6.58 Å². The van der Waals surface area contributed by atoms with Crippen molar-refractivity contribution in [1.29, 1.82) is 0 Å². The molecule has 0 saturated carbocycles. The van der Waals surface area contributed by atoms with E-state index < -0.39 is 0 Å². The van der Waals surface area contributed by atoms with Crippen LogP contribution in [0.5, 0.6) is 0 Å². The summed E-state index contributed by atoms with van der Waals surface area (Å²) in [6.07, 6.45) is 3.68. The predicted molar refractivity (Wildman–Crippen MR) is 63.3 cm³/mol. The quantitative estimate of drug-likeness (QED) is 0.769. The highest BCUT2D eigenvalue weighted by molar-refractivity contribution is 5.92. The van der Waals surface area contributed by atoms with Crippen molar-refractivity contribution in [3.63, 3.8) is 0 Å². The SMILES string of the molecule is C=CCN1CCN(C(=O)c2ccc[nH]2)CC1. The third-order valence-electron chi connectivity index (χ3n) is 2.88. The van der Waals surface area contributed by atoms with Gasteiger partial charge in [0.05, 0.1) is 0 Å². The third kappa shape index (κ3) is 2.33. The summed E-state index contributed by atoms with van der Waals surface area (Å²) in [5.41, 5.74) is 0.678. The van der Waals surface area contributed by atoms with Crippen LogP contribution in [0.15, 0.2) is 31.0 Å². The van der Waals surface area contributed by atoms with Gasteiger partial charge in [0.15, 0.2) is 0 Å². The maximum atomic E-state index is 12.0. The molecular formula is C12H17N3O. The highest BCUT2D eigenvalue weighted by Crippen LogP contribution is 2.06. The second-order valence-corrected chi connectivity index (χ2v) is 3.97. The van der Waals surface area contributed by atoms with E-state index in [-0.39, 0.29) is 5.91 Å². The minimum absolute atomic E-state index is 0.100. The first-order valence-corrected chi connectivity index (χ1v) is 5.57. The van der Waals surface area contributed by atoms with Crippen LogP contribution in [-0.4, -0.2) is 53.4 Å². The number of amides is 1. The van der Waals surface area contributed by atoms with Gasteiger partial charge in [-0.1, -0.05) is 6.08 Å².